The van der Waals surface area contributed by atoms with Gasteiger partial charge >= 0.3 is 0 Å². The van der Waals surface area contributed by atoms with E-state index in [9.17, 15) is 4.79 Å². The summed E-state index contributed by atoms with van der Waals surface area (Å²) in [6, 6.07) is 9.09. The average Bonchev–Trinajstić information content (AvgIpc) is 2.82. The number of primary amides is 1. The minimum atomic E-state index is -0.483. The smallest absolute Gasteiger partial charge is 0.239 e. The molecule has 20 heavy (non-hydrogen) atoms. The molecule has 106 valence electrons. The van der Waals surface area contributed by atoms with Gasteiger partial charge in [0.1, 0.15) is 6.04 Å². The van der Waals surface area contributed by atoms with Crippen LogP contribution in [0.25, 0.3) is 0 Å². The highest BCUT2D eigenvalue weighted by atomic mass is 16.1. The lowest BCUT2D eigenvalue weighted by Gasteiger charge is -2.21. The number of aryl methyl sites for hydroxylation is 1. The Kier molecular flexibility index (Phi) is 4.53. The molecule has 0 bridgehead atoms. The Morgan fingerprint density at radius 3 is 2.65 bits per heavy atom. The van der Waals surface area contributed by atoms with E-state index in [0.717, 1.165) is 11.1 Å². The van der Waals surface area contributed by atoms with Crippen molar-refractivity contribution in [3.8, 4) is 0 Å². The standard InChI is InChI=1S/C15H20N4O/c1-11-8-17-19(9-11)10-12(2)18-14(15(16)20)13-6-4-3-5-7-13/h3-9,12,14,18H,10H2,1-2H3,(H2,16,20)/t12-,14-/m1/s1. The van der Waals surface area contributed by atoms with Gasteiger partial charge in [-0.3, -0.25) is 14.8 Å². The number of carbonyl (C=O) groups is 1. The Balaban J connectivity index is 2.03. The van der Waals surface area contributed by atoms with E-state index in [1.54, 1.807) is 0 Å². The number of hydrogen-bond acceptors (Lipinski definition) is 3. The van der Waals surface area contributed by atoms with Crippen LogP contribution in [-0.2, 0) is 11.3 Å². The van der Waals surface area contributed by atoms with E-state index < -0.39 is 6.04 Å². The van der Waals surface area contributed by atoms with E-state index >= 15 is 0 Å². The summed E-state index contributed by atoms with van der Waals surface area (Å²) in [6.45, 7) is 4.69. The van der Waals surface area contributed by atoms with Gasteiger partial charge in [0.2, 0.25) is 5.91 Å². The number of amides is 1. The molecule has 2 aromatic rings. The SMILES string of the molecule is Cc1cnn(C[C@@H](C)N[C@@H](C(N)=O)c2ccccc2)c1. The summed E-state index contributed by atoms with van der Waals surface area (Å²) in [7, 11) is 0. The van der Waals surface area contributed by atoms with Crippen molar-refractivity contribution in [2.75, 3.05) is 0 Å². The molecule has 0 aliphatic rings. The Bertz CT molecular complexity index is 564. The molecule has 1 aromatic carbocycles. The first kappa shape index (κ1) is 14.3. The number of aromatic nitrogens is 2. The summed E-state index contributed by atoms with van der Waals surface area (Å²) in [6.07, 6.45) is 3.79. The highest BCUT2D eigenvalue weighted by Crippen LogP contribution is 2.13. The first-order valence-corrected chi connectivity index (χ1v) is 6.65. The second-order valence-electron chi connectivity index (χ2n) is 5.05. The van der Waals surface area contributed by atoms with Gasteiger partial charge in [-0.25, -0.2) is 0 Å². The van der Waals surface area contributed by atoms with E-state index in [-0.39, 0.29) is 11.9 Å². The van der Waals surface area contributed by atoms with E-state index in [2.05, 4.69) is 10.4 Å². The molecule has 2 rings (SSSR count). The van der Waals surface area contributed by atoms with Crippen molar-refractivity contribution in [2.45, 2.75) is 32.5 Å². The first-order valence-electron chi connectivity index (χ1n) is 6.65. The van der Waals surface area contributed by atoms with Crippen LogP contribution in [0.3, 0.4) is 0 Å². The molecule has 1 aromatic heterocycles. The molecule has 0 aliphatic heterocycles. The molecule has 3 N–H and O–H groups in total. The van der Waals surface area contributed by atoms with Crippen LogP contribution in [0, 0.1) is 6.92 Å². The van der Waals surface area contributed by atoms with Crippen LogP contribution in [-0.4, -0.2) is 21.7 Å². The lowest BCUT2D eigenvalue weighted by molar-refractivity contribution is -0.120. The molecule has 0 fully saturated rings. The third-order valence-corrected chi connectivity index (χ3v) is 3.09. The molecule has 5 nitrogen and oxygen atoms in total. The number of nitrogens with one attached hydrogen (secondary N) is 1. The van der Waals surface area contributed by atoms with Gasteiger partial charge in [-0.1, -0.05) is 30.3 Å². The Morgan fingerprint density at radius 1 is 1.40 bits per heavy atom. The van der Waals surface area contributed by atoms with Gasteiger partial charge in [-0.05, 0) is 25.0 Å². The van der Waals surface area contributed by atoms with Crippen molar-refractivity contribution in [1.82, 2.24) is 15.1 Å². The van der Waals surface area contributed by atoms with E-state index in [0.29, 0.717) is 6.54 Å². The highest BCUT2D eigenvalue weighted by molar-refractivity contribution is 5.81. The Labute approximate surface area is 118 Å². The molecule has 0 spiro atoms. The monoisotopic (exact) mass is 272 g/mol. The largest absolute Gasteiger partial charge is 0.368 e. The molecule has 0 saturated heterocycles. The summed E-state index contributed by atoms with van der Waals surface area (Å²) >= 11 is 0. The van der Waals surface area contributed by atoms with Gasteiger partial charge in [-0.2, -0.15) is 5.10 Å². The molecule has 5 heteroatoms. The predicted molar refractivity (Wildman–Crippen MR) is 77.9 cm³/mol. The van der Waals surface area contributed by atoms with Crippen molar-refractivity contribution in [3.05, 3.63) is 53.9 Å². The number of nitrogens with two attached hydrogens (primary N) is 1. The zero-order chi connectivity index (χ0) is 14.5. The second kappa shape index (κ2) is 6.34. The molecule has 0 unspecified atom stereocenters. The minimum Gasteiger partial charge on any atom is -0.368 e. The lowest BCUT2D eigenvalue weighted by Crippen LogP contribution is -2.40. The van der Waals surface area contributed by atoms with Gasteiger partial charge < -0.3 is 5.73 Å². The molecule has 2 atom stereocenters. The van der Waals surface area contributed by atoms with Crippen LogP contribution in [0.4, 0.5) is 0 Å². The van der Waals surface area contributed by atoms with Gasteiger partial charge in [0, 0.05) is 12.2 Å². The topological polar surface area (TPSA) is 72.9 Å². The first-order chi connectivity index (χ1) is 9.56. The van der Waals surface area contributed by atoms with E-state index in [4.69, 9.17) is 5.73 Å². The Morgan fingerprint density at radius 2 is 2.10 bits per heavy atom. The number of benzene rings is 1. The van der Waals surface area contributed by atoms with Crippen LogP contribution in [0.2, 0.25) is 0 Å². The van der Waals surface area contributed by atoms with Crippen molar-refractivity contribution >= 4 is 5.91 Å². The third-order valence-electron chi connectivity index (χ3n) is 3.09. The summed E-state index contributed by atoms with van der Waals surface area (Å²) in [5, 5.41) is 7.50. The van der Waals surface area contributed by atoms with Crippen molar-refractivity contribution in [3.63, 3.8) is 0 Å². The molecule has 0 saturated carbocycles. The fourth-order valence-corrected chi connectivity index (χ4v) is 2.17. The molecule has 1 amide bonds. The normalized spacial score (nSPS) is 13.9. The zero-order valence-corrected chi connectivity index (χ0v) is 11.8. The zero-order valence-electron chi connectivity index (χ0n) is 11.8. The van der Waals surface area contributed by atoms with Gasteiger partial charge in [0.15, 0.2) is 0 Å². The number of rotatable bonds is 6. The molecular formula is C15H20N4O. The second-order valence-corrected chi connectivity index (χ2v) is 5.05. The highest BCUT2D eigenvalue weighted by Gasteiger charge is 2.19. The Hall–Kier alpha value is -2.14. The van der Waals surface area contributed by atoms with Crippen molar-refractivity contribution in [2.24, 2.45) is 5.73 Å². The van der Waals surface area contributed by atoms with Gasteiger partial charge in [0.25, 0.3) is 0 Å². The van der Waals surface area contributed by atoms with Crippen molar-refractivity contribution < 1.29 is 4.79 Å². The quantitative estimate of drug-likeness (QED) is 0.834. The summed E-state index contributed by atoms with van der Waals surface area (Å²) in [4.78, 5) is 11.6. The van der Waals surface area contributed by atoms with Crippen LogP contribution in [0.1, 0.15) is 24.1 Å². The maximum atomic E-state index is 11.6. The van der Waals surface area contributed by atoms with E-state index in [1.165, 1.54) is 0 Å². The third kappa shape index (κ3) is 3.68. The fourth-order valence-electron chi connectivity index (χ4n) is 2.17. The lowest BCUT2D eigenvalue weighted by atomic mass is 10.1. The molecule has 1 heterocycles. The van der Waals surface area contributed by atoms with Crippen LogP contribution >= 0.6 is 0 Å². The maximum absolute atomic E-state index is 11.6. The van der Waals surface area contributed by atoms with Gasteiger partial charge in [0.05, 0.1) is 12.7 Å². The van der Waals surface area contributed by atoms with Crippen LogP contribution < -0.4 is 11.1 Å². The summed E-state index contributed by atoms with van der Waals surface area (Å²) < 4.78 is 1.86. The molecular weight excluding hydrogens is 252 g/mol. The molecule has 0 radical (unpaired) electrons. The number of nitrogens with zero attached hydrogens (tertiary/aromatic N) is 2. The predicted octanol–water partition coefficient (Wildman–Crippen LogP) is 1.40. The summed E-state index contributed by atoms with van der Waals surface area (Å²) in [5.74, 6) is -0.375. The van der Waals surface area contributed by atoms with Crippen LogP contribution in [0.15, 0.2) is 42.7 Å². The van der Waals surface area contributed by atoms with Crippen molar-refractivity contribution in [1.29, 1.82) is 0 Å². The minimum absolute atomic E-state index is 0.0759. The summed E-state index contributed by atoms with van der Waals surface area (Å²) in [5.41, 5.74) is 7.49. The average molecular weight is 272 g/mol. The van der Waals surface area contributed by atoms with Gasteiger partial charge in [-0.15, -0.1) is 0 Å². The number of carbonyl (C=O) groups excluding carboxylic acids is 1. The number of hydrogen-bond donors (Lipinski definition) is 2. The fraction of sp³-hybridized carbons (Fsp3) is 0.333. The maximum Gasteiger partial charge on any atom is 0.239 e. The van der Waals surface area contributed by atoms with Crippen LogP contribution in [0.5, 0.6) is 0 Å². The van der Waals surface area contributed by atoms with E-state index in [1.807, 2.05) is 61.3 Å². The molecule has 0 aliphatic carbocycles.